The average molecular weight is 414 g/mol. The molecule has 1 aromatic rings. The molecule has 5 heteroatoms. The van der Waals surface area contributed by atoms with Crippen LogP contribution in [0.3, 0.4) is 0 Å². The van der Waals surface area contributed by atoms with Crippen molar-refractivity contribution in [3.63, 3.8) is 0 Å². The molecule has 0 fully saturated rings. The summed E-state index contributed by atoms with van der Waals surface area (Å²) in [7, 11) is 0. The molecule has 0 spiro atoms. The number of hydrogen-bond donors (Lipinski definition) is 0. The monoisotopic (exact) mass is 413 g/mol. The Kier molecular flexibility index (Phi) is 6.81. The van der Waals surface area contributed by atoms with E-state index in [-0.39, 0.29) is 0 Å². The van der Waals surface area contributed by atoms with Crippen molar-refractivity contribution in [2.75, 3.05) is 0 Å². The van der Waals surface area contributed by atoms with Gasteiger partial charge in [0.05, 0.1) is 0 Å². The molecule has 2 nitrogen and oxygen atoms in total. The van der Waals surface area contributed by atoms with Gasteiger partial charge in [-0.2, -0.15) is 0 Å². The number of halogens is 3. The first kappa shape index (κ1) is 17.0. The van der Waals surface area contributed by atoms with Gasteiger partial charge in [0.15, 0.2) is 0 Å². The van der Waals surface area contributed by atoms with Gasteiger partial charge in [0.25, 0.3) is 0 Å². The molecule has 0 amide bonds. The molecule has 0 aliphatic carbocycles. The summed E-state index contributed by atoms with van der Waals surface area (Å²) in [5.74, 6) is 0. The molecule has 0 aliphatic rings. The van der Waals surface area contributed by atoms with Gasteiger partial charge in [-0.05, 0) is 0 Å². The van der Waals surface area contributed by atoms with E-state index in [2.05, 4.69) is 32.7 Å². The van der Waals surface area contributed by atoms with Crippen LogP contribution in [-0.2, 0) is 9.22 Å². The number of nitrogens with zero attached hydrogens (tertiary/aromatic N) is 1. The molecular formula is C14H18Cl2INO. The van der Waals surface area contributed by atoms with Crippen LogP contribution in [0.2, 0.25) is 10.0 Å². The predicted octanol–water partition coefficient (Wildman–Crippen LogP) is 5.78. The Labute approximate surface area is 132 Å². The van der Waals surface area contributed by atoms with E-state index in [1.54, 1.807) is 0 Å². The maximum atomic E-state index is 10.3. The standard InChI is InChI=1S/C14H18Cl2INO/c1-9(2)17(10(3)4)7-11-5-12(15)14(18-8-19)13(16)6-11/h5-6,9-10H,7H2,1-4H3. The molecule has 19 heavy (non-hydrogen) atoms. The number of isocyanates is 1. The number of aliphatic imine (C=N–C) groups is 1. The molecule has 1 rings (SSSR count). The fourth-order valence-corrected chi connectivity index (χ4v) is 8.55. The van der Waals surface area contributed by atoms with Crippen LogP contribution >= 0.6 is 43.0 Å². The van der Waals surface area contributed by atoms with Gasteiger partial charge in [-0.1, -0.05) is 0 Å². The molecule has 0 aromatic heterocycles. The van der Waals surface area contributed by atoms with E-state index in [1.807, 2.05) is 12.1 Å². The Bertz CT molecular complexity index is 465. The summed E-state index contributed by atoms with van der Waals surface area (Å²) in [5, 5.41) is 0.850. The van der Waals surface area contributed by atoms with E-state index in [0.717, 1.165) is 17.8 Å². The van der Waals surface area contributed by atoms with Gasteiger partial charge in [-0.15, -0.1) is 0 Å². The first-order chi connectivity index (χ1) is 8.86. The second-order valence-corrected chi connectivity index (χ2v) is 13.7. The SMILES string of the molecule is CC(C)I(Cc1cc(Cl)c(N=C=O)c(Cl)c1)C(C)C. The van der Waals surface area contributed by atoms with Crippen molar-refractivity contribution >= 4 is 54.8 Å². The van der Waals surface area contributed by atoms with Crippen molar-refractivity contribution in [3.05, 3.63) is 27.7 Å². The third-order valence-electron chi connectivity index (χ3n) is 2.66. The van der Waals surface area contributed by atoms with Crippen LogP contribution in [0.25, 0.3) is 0 Å². The van der Waals surface area contributed by atoms with Crippen molar-refractivity contribution in [3.8, 4) is 0 Å². The number of hydrogen-bond acceptors (Lipinski definition) is 2. The topological polar surface area (TPSA) is 29.4 Å². The molecule has 0 radical (unpaired) electrons. The van der Waals surface area contributed by atoms with E-state index < -0.39 is 19.8 Å². The number of rotatable bonds is 5. The maximum absolute atomic E-state index is 10.3. The third kappa shape index (κ3) is 4.75. The minimum absolute atomic E-state index is 0.316. The molecule has 0 N–H and O–H groups in total. The third-order valence-corrected chi connectivity index (χ3v) is 11.4. The van der Waals surface area contributed by atoms with Crippen LogP contribution in [0, 0.1) is 0 Å². The second kappa shape index (κ2) is 7.63. The van der Waals surface area contributed by atoms with Crippen molar-refractivity contribution < 1.29 is 4.79 Å². The molecule has 0 unspecified atom stereocenters. The molecule has 1 aromatic carbocycles. The Morgan fingerprint density at radius 1 is 1.16 bits per heavy atom. The molecule has 0 saturated heterocycles. The van der Waals surface area contributed by atoms with E-state index >= 15 is 0 Å². The fraction of sp³-hybridized carbons (Fsp3) is 0.500. The zero-order valence-electron chi connectivity index (χ0n) is 11.5. The molecule has 106 valence electrons. The van der Waals surface area contributed by atoms with Crippen molar-refractivity contribution in [2.45, 2.75) is 40.0 Å². The summed E-state index contributed by atoms with van der Waals surface area (Å²) in [4.78, 5) is 13.9. The quantitative estimate of drug-likeness (QED) is 0.260. The first-order valence-electron chi connectivity index (χ1n) is 6.05. The summed E-state index contributed by atoms with van der Waals surface area (Å²) in [6.07, 6.45) is 1.48. The van der Waals surface area contributed by atoms with E-state index in [4.69, 9.17) is 23.2 Å². The van der Waals surface area contributed by atoms with Gasteiger partial charge in [0.2, 0.25) is 0 Å². The van der Waals surface area contributed by atoms with Crippen LogP contribution < -0.4 is 0 Å². The zero-order chi connectivity index (χ0) is 14.6. The molecule has 0 heterocycles. The predicted molar refractivity (Wildman–Crippen MR) is 92.2 cm³/mol. The summed E-state index contributed by atoms with van der Waals surface area (Å²) in [5.41, 5.74) is 1.46. The summed E-state index contributed by atoms with van der Waals surface area (Å²) in [6, 6.07) is 3.75. The summed E-state index contributed by atoms with van der Waals surface area (Å²) in [6.45, 7) is 9.16. The Hall–Kier alpha value is -0.0900. The normalized spacial score (nSPS) is 11.7. The molecule has 0 bridgehead atoms. The van der Waals surface area contributed by atoms with Crippen LogP contribution in [0.4, 0.5) is 5.69 Å². The van der Waals surface area contributed by atoms with E-state index in [9.17, 15) is 4.79 Å². The van der Waals surface area contributed by atoms with Gasteiger partial charge < -0.3 is 0 Å². The molecular weight excluding hydrogens is 396 g/mol. The van der Waals surface area contributed by atoms with Gasteiger partial charge in [-0.25, -0.2) is 0 Å². The van der Waals surface area contributed by atoms with Crippen LogP contribution in [0.15, 0.2) is 17.1 Å². The number of alkyl halides is 3. The molecule has 0 saturated carbocycles. The second-order valence-electron chi connectivity index (χ2n) is 4.71. The summed E-state index contributed by atoms with van der Waals surface area (Å²) >= 11 is 11.1. The average Bonchev–Trinajstić information content (AvgIpc) is 2.30. The number of benzene rings is 1. The molecule has 0 atom stereocenters. The van der Waals surface area contributed by atoms with E-state index in [0.29, 0.717) is 15.7 Å². The summed E-state index contributed by atoms with van der Waals surface area (Å²) < 4.78 is 2.56. The van der Waals surface area contributed by atoms with Gasteiger partial charge in [0, 0.05) is 0 Å². The van der Waals surface area contributed by atoms with Crippen LogP contribution in [0.1, 0.15) is 33.3 Å². The minimum atomic E-state index is -1.09. The Morgan fingerprint density at radius 2 is 1.63 bits per heavy atom. The van der Waals surface area contributed by atoms with E-state index in [1.165, 1.54) is 6.08 Å². The van der Waals surface area contributed by atoms with Crippen molar-refractivity contribution in [1.29, 1.82) is 0 Å². The first-order valence-corrected chi connectivity index (χ1v) is 10.8. The van der Waals surface area contributed by atoms with Gasteiger partial charge in [-0.3, -0.25) is 0 Å². The Balaban J connectivity index is 3.06. The van der Waals surface area contributed by atoms with Crippen LogP contribution in [-0.4, -0.2) is 13.9 Å². The van der Waals surface area contributed by atoms with Crippen molar-refractivity contribution in [1.82, 2.24) is 0 Å². The van der Waals surface area contributed by atoms with Crippen molar-refractivity contribution in [2.24, 2.45) is 4.99 Å². The Morgan fingerprint density at radius 3 is 2.00 bits per heavy atom. The van der Waals surface area contributed by atoms with Gasteiger partial charge >= 0.3 is 132 Å². The fourth-order valence-electron chi connectivity index (χ4n) is 1.84. The van der Waals surface area contributed by atoms with Gasteiger partial charge in [0.1, 0.15) is 0 Å². The number of carbonyl (C=O) groups excluding carboxylic acids is 1. The zero-order valence-corrected chi connectivity index (χ0v) is 15.2. The van der Waals surface area contributed by atoms with Crippen LogP contribution in [0.5, 0.6) is 0 Å². The molecule has 0 aliphatic heterocycles.